The van der Waals surface area contributed by atoms with Gasteiger partial charge in [0.2, 0.25) is 0 Å². The maximum absolute atomic E-state index is 2.76. The minimum atomic E-state index is 0.633. The smallest absolute Gasteiger partial charge is 0.0265 e. The average Bonchev–Trinajstić information content (AvgIpc) is 2.80. The molecule has 2 heteroatoms. The van der Waals surface area contributed by atoms with Gasteiger partial charge in [-0.25, -0.2) is 0 Å². The van der Waals surface area contributed by atoms with Gasteiger partial charge in [0.15, 0.2) is 0 Å². The second-order valence-corrected chi connectivity index (χ2v) is 8.98. The van der Waals surface area contributed by atoms with Crippen molar-refractivity contribution in [2.45, 2.75) is 24.9 Å². The van der Waals surface area contributed by atoms with Gasteiger partial charge in [0.1, 0.15) is 0 Å². The monoisotopic (exact) mass is 392 g/mol. The van der Waals surface area contributed by atoms with Gasteiger partial charge in [-0.05, 0) is 45.5 Å². The molecule has 30 heavy (non-hydrogen) atoms. The van der Waals surface area contributed by atoms with Gasteiger partial charge in [0.25, 0.3) is 0 Å². The highest BCUT2D eigenvalue weighted by molar-refractivity contribution is 5.86. The lowest BCUT2D eigenvalue weighted by Crippen LogP contribution is -2.66. The molecule has 4 atom stereocenters. The van der Waals surface area contributed by atoms with Gasteiger partial charge in [-0.1, -0.05) is 84.9 Å². The molecule has 4 aromatic rings. The minimum Gasteiger partial charge on any atom is -0.296 e. The fourth-order valence-electron chi connectivity index (χ4n) is 5.71. The van der Waals surface area contributed by atoms with Crippen LogP contribution in [0.1, 0.15) is 11.1 Å². The molecule has 2 bridgehead atoms. The van der Waals surface area contributed by atoms with E-state index in [9.17, 15) is 0 Å². The van der Waals surface area contributed by atoms with Gasteiger partial charge in [-0.2, -0.15) is 0 Å². The summed E-state index contributed by atoms with van der Waals surface area (Å²) in [5.74, 6) is 0. The maximum Gasteiger partial charge on any atom is 0.0265 e. The van der Waals surface area contributed by atoms with Gasteiger partial charge < -0.3 is 0 Å². The second-order valence-electron chi connectivity index (χ2n) is 8.98. The molecule has 3 saturated heterocycles. The van der Waals surface area contributed by atoms with E-state index in [2.05, 4.69) is 94.7 Å². The van der Waals surface area contributed by atoms with Crippen LogP contribution >= 0.6 is 0 Å². The predicted octanol–water partition coefficient (Wildman–Crippen LogP) is 5.15. The highest BCUT2D eigenvalue weighted by atomic mass is 15.4. The molecule has 3 unspecified atom stereocenters. The van der Waals surface area contributed by atoms with E-state index >= 15 is 0 Å². The topological polar surface area (TPSA) is 6.48 Å². The average molecular weight is 393 g/mol. The fourth-order valence-corrected chi connectivity index (χ4v) is 5.71. The number of benzene rings is 4. The molecule has 0 N–H and O–H groups in total. The molecule has 150 valence electrons. The molecule has 3 fully saturated rings. The van der Waals surface area contributed by atoms with E-state index in [0.717, 1.165) is 12.8 Å². The van der Waals surface area contributed by atoms with Crippen LogP contribution in [0.3, 0.4) is 0 Å². The number of rotatable bonds is 4. The van der Waals surface area contributed by atoms with Crippen molar-refractivity contribution in [3.63, 3.8) is 0 Å². The van der Waals surface area contributed by atoms with Crippen molar-refractivity contribution < 1.29 is 0 Å². The Bertz CT molecular complexity index is 1090. The van der Waals surface area contributed by atoms with E-state index in [1.165, 1.54) is 58.9 Å². The lowest BCUT2D eigenvalue weighted by molar-refractivity contribution is -0.0286. The van der Waals surface area contributed by atoms with Crippen LogP contribution in [0.4, 0.5) is 0 Å². The third-order valence-corrected chi connectivity index (χ3v) is 7.27. The van der Waals surface area contributed by atoms with Crippen molar-refractivity contribution in [3.05, 3.63) is 96.1 Å². The maximum atomic E-state index is 2.76. The van der Waals surface area contributed by atoms with Crippen LogP contribution in [0.25, 0.3) is 21.5 Å². The molecule has 3 aliphatic heterocycles. The van der Waals surface area contributed by atoms with Gasteiger partial charge in [0.05, 0.1) is 0 Å². The SMILES string of the molecule is c1ccc2c(CC3CN4CCN3C[C@@H]4Cc3cccc4ccccc34)cccc2c1. The molecule has 0 aliphatic carbocycles. The standard InChI is InChI=1S/C28H28N2/c1-3-13-27-21(7-1)9-5-11-23(27)17-25-19-30-16-15-29(25)20-26(30)18-24-12-6-10-22-8-2-4-14-28(22)24/h1-14,25-26H,15-20H2/t25-,26?/m0/s1. The number of piperazine rings is 3. The van der Waals surface area contributed by atoms with Gasteiger partial charge in [-0.15, -0.1) is 0 Å². The van der Waals surface area contributed by atoms with Crippen LogP contribution in [0.2, 0.25) is 0 Å². The first-order valence-corrected chi connectivity index (χ1v) is 11.3. The Morgan fingerprint density at radius 1 is 0.533 bits per heavy atom. The zero-order valence-electron chi connectivity index (χ0n) is 17.4. The molecule has 0 amide bonds. The Balaban J connectivity index is 1.22. The van der Waals surface area contributed by atoms with E-state index in [1.807, 2.05) is 0 Å². The lowest BCUT2D eigenvalue weighted by atomic mass is 9.90. The summed E-state index contributed by atoms with van der Waals surface area (Å²) < 4.78 is 0. The quantitative estimate of drug-likeness (QED) is 0.474. The summed E-state index contributed by atoms with van der Waals surface area (Å²) in [5.41, 5.74) is 3.00. The molecular formula is C28H28N2. The summed E-state index contributed by atoms with van der Waals surface area (Å²) in [4.78, 5) is 5.52. The molecule has 0 radical (unpaired) electrons. The van der Waals surface area contributed by atoms with Crippen LogP contribution < -0.4 is 0 Å². The van der Waals surface area contributed by atoms with Crippen molar-refractivity contribution >= 4 is 21.5 Å². The third-order valence-electron chi connectivity index (χ3n) is 7.27. The van der Waals surface area contributed by atoms with E-state index in [0.29, 0.717) is 12.1 Å². The minimum absolute atomic E-state index is 0.633. The molecular weight excluding hydrogens is 364 g/mol. The molecule has 0 saturated carbocycles. The van der Waals surface area contributed by atoms with E-state index in [-0.39, 0.29) is 0 Å². The molecule has 3 aliphatic rings. The molecule has 4 aromatic carbocycles. The summed E-state index contributed by atoms with van der Waals surface area (Å²) in [7, 11) is 0. The number of fused-ring (bicyclic) bond motifs is 5. The zero-order valence-corrected chi connectivity index (χ0v) is 17.4. The van der Waals surface area contributed by atoms with Crippen LogP contribution in [-0.4, -0.2) is 48.1 Å². The molecule has 2 nitrogen and oxygen atoms in total. The third kappa shape index (κ3) is 3.21. The largest absolute Gasteiger partial charge is 0.296 e. The number of hydrogen-bond acceptors (Lipinski definition) is 2. The first-order chi connectivity index (χ1) is 14.8. The fraction of sp³-hybridized carbons (Fsp3) is 0.286. The Hall–Kier alpha value is -2.68. The van der Waals surface area contributed by atoms with Crippen molar-refractivity contribution in [2.24, 2.45) is 0 Å². The van der Waals surface area contributed by atoms with Gasteiger partial charge in [-0.3, -0.25) is 9.80 Å². The highest BCUT2D eigenvalue weighted by Gasteiger charge is 2.38. The normalized spacial score (nSPS) is 25.7. The van der Waals surface area contributed by atoms with Crippen molar-refractivity contribution in [3.8, 4) is 0 Å². The molecule has 0 aromatic heterocycles. The van der Waals surface area contributed by atoms with E-state index in [4.69, 9.17) is 0 Å². The highest BCUT2D eigenvalue weighted by Crippen LogP contribution is 2.29. The zero-order chi connectivity index (χ0) is 19.9. The van der Waals surface area contributed by atoms with Crippen LogP contribution in [-0.2, 0) is 12.8 Å². The Morgan fingerprint density at radius 2 is 0.967 bits per heavy atom. The first-order valence-electron chi connectivity index (χ1n) is 11.3. The van der Waals surface area contributed by atoms with Crippen molar-refractivity contribution in [2.75, 3.05) is 26.2 Å². The number of hydrogen-bond donors (Lipinski definition) is 0. The van der Waals surface area contributed by atoms with Gasteiger partial charge in [0, 0.05) is 38.3 Å². The summed E-state index contributed by atoms with van der Waals surface area (Å²) in [6, 6.07) is 32.5. The van der Waals surface area contributed by atoms with E-state index < -0.39 is 0 Å². The van der Waals surface area contributed by atoms with E-state index in [1.54, 1.807) is 0 Å². The van der Waals surface area contributed by atoms with Crippen molar-refractivity contribution in [1.82, 2.24) is 9.80 Å². The summed E-state index contributed by atoms with van der Waals surface area (Å²) >= 11 is 0. The van der Waals surface area contributed by atoms with Crippen LogP contribution in [0, 0.1) is 0 Å². The molecule has 7 rings (SSSR count). The summed E-state index contributed by atoms with van der Waals surface area (Å²) in [5, 5.41) is 5.56. The van der Waals surface area contributed by atoms with Crippen LogP contribution in [0.15, 0.2) is 84.9 Å². The Morgan fingerprint density at radius 3 is 1.43 bits per heavy atom. The van der Waals surface area contributed by atoms with Crippen molar-refractivity contribution in [1.29, 1.82) is 0 Å². The molecule has 3 heterocycles. The first kappa shape index (κ1) is 18.1. The molecule has 0 spiro atoms. The summed E-state index contributed by atoms with van der Waals surface area (Å²) in [6.07, 6.45) is 2.30. The Labute approximate surface area is 178 Å². The summed E-state index contributed by atoms with van der Waals surface area (Å²) in [6.45, 7) is 4.81. The Kier molecular flexibility index (Phi) is 4.55. The second kappa shape index (κ2) is 7.54. The van der Waals surface area contributed by atoms with Crippen LogP contribution in [0.5, 0.6) is 0 Å². The lowest BCUT2D eigenvalue weighted by Gasteiger charge is -2.52. The number of nitrogens with zero attached hydrogens (tertiary/aromatic N) is 2. The predicted molar refractivity (Wildman–Crippen MR) is 126 cm³/mol. The van der Waals surface area contributed by atoms with Gasteiger partial charge >= 0.3 is 0 Å².